The second-order valence-corrected chi connectivity index (χ2v) is 17.5. The number of carbonyl (C=O) groups is 2. The van der Waals surface area contributed by atoms with Gasteiger partial charge in [0.15, 0.2) is 0 Å². The maximum atomic E-state index is 15.1. The van der Waals surface area contributed by atoms with Gasteiger partial charge < -0.3 is 30.1 Å². The molecule has 1 aromatic heterocycles. The number of hydrogen-bond donors (Lipinski definition) is 3. The molecule has 4 aromatic rings. The summed E-state index contributed by atoms with van der Waals surface area (Å²) in [6, 6.07) is 19.9. The van der Waals surface area contributed by atoms with Crippen molar-refractivity contribution < 1.29 is 27.5 Å². The lowest BCUT2D eigenvalue weighted by Gasteiger charge is -2.51. The lowest BCUT2D eigenvalue weighted by molar-refractivity contribution is -0.111. The molecule has 2 amide bonds. The van der Waals surface area contributed by atoms with E-state index in [1.165, 1.54) is 18.2 Å². The standard InChI is InChI=1S/C43H51FN6O5S/c1-3-40-45-20-23-49(40)29-43(32-8-5-9-33(44)24-32,38-12-7-13-39(38)47-42(52)53)31-18-21-48(22-19-31)26-30-27-50(28-30)35-14-16-36(17-15-35)56(54,55)37-11-6-10-34(25-37)46-41(51)4-2/h4-6,8-11,14-17,20,23-25,30-31,38-39,47H,2-3,7,12-13,18-19,21-22,26-29H2,1H3,(H,46,51)(H,52,53)/t38-,39-,43?/m0/s1. The number of nitrogens with zero attached hydrogens (tertiary/aromatic N) is 4. The van der Waals surface area contributed by atoms with E-state index in [2.05, 4.69) is 43.5 Å². The van der Waals surface area contributed by atoms with E-state index in [0.717, 1.165) is 94.4 Å². The van der Waals surface area contributed by atoms with Crippen molar-refractivity contribution >= 4 is 33.2 Å². The maximum absolute atomic E-state index is 15.1. The highest BCUT2D eigenvalue weighted by molar-refractivity contribution is 7.91. The van der Waals surface area contributed by atoms with Gasteiger partial charge in [-0.3, -0.25) is 4.79 Å². The summed E-state index contributed by atoms with van der Waals surface area (Å²) in [5, 5.41) is 15.3. The van der Waals surface area contributed by atoms with Crippen molar-refractivity contribution in [3.05, 3.63) is 115 Å². The average Bonchev–Trinajstić information content (AvgIpc) is 3.84. The first-order valence-electron chi connectivity index (χ1n) is 19.6. The van der Waals surface area contributed by atoms with Gasteiger partial charge in [0.05, 0.1) is 9.79 Å². The van der Waals surface area contributed by atoms with E-state index >= 15 is 4.39 Å². The predicted octanol–water partition coefficient (Wildman–Crippen LogP) is 6.76. The predicted molar refractivity (Wildman–Crippen MR) is 214 cm³/mol. The van der Waals surface area contributed by atoms with E-state index < -0.39 is 27.3 Å². The van der Waals surface area contributed by atoms with Gasteiger partial charge in [-0.2, -0.15) is 0 Å². The Morgan fingerprint density at radius 3 is 2.45 bits per heavy atom. The third-order valence-corrected chi connectivity index (χ3v) is 14.1. The number of likely N-dealkylation sites (tertiary alicyclic amines) is 1. The van der Waals surface area contributed by atoms with Crippen LogP contribution < -0.4 is 15.5 Å². The zero-order valence-electron chi connectivity index (χ0n) is 31.8. The van der Waals surface area contributed by atoms with Crippen LogP contribution in [0.1, 0.15) is 50.4 Å². The first kappa shape index (κ1) is 39.2. The van der Waals surface area contributed by atoms with Crippen molar-refractivity contribution in [3.63, 3.8) is 0 Å². The largest absolute Gasteiger partial charge is 0.465 e. The molecule has 3 heterocycles. The Hall–Kier alpha value is -5.01. The van der Waals surface area contributed by atoms with E-state index in [-0.39, 0.29) is 33.5 Å². The molecule has 1 unspecified atom stereocenters. The number of hydrogen-bond acceptors (Lipinski definition) is 7. The second-order valence-electron chi connectivity index (χ2n) is 15.5. The number of aryl methyl sites for hydroxylation is 1. The number of carbonyl (C=O) groups excluding carboxylic acids is 1. The molecular weight excluding hydrogens is 732 g/mol. The SMILES string of the molecule is C=CC(=O)Nc1cccc(S(=O)(=O)c2ccc(N3CC(CN4CCC(C(Cn5ccnc5CC)(c5cccc(F)c5)[C@H]5CCC[C@@H]5NC(=O)O)CC4)C3)cc2)c1. The van der Waals surface area contributed by atoms with Crippen LogP contribution in [0.5, 0.6) is 0 Å². The molecule has 0 spiro atoms. The summed E-state index contributed by atoms with van der Waals surface area (Å²) in [7, 11) is -3.79. The number of imidazole rings is 1. The fourth-order valence-electron chi connectivity index (χ4n) is 9.65. The van der Waals surface area contributed by atoms with Crippen molar-refractivity contribution in [2.75, 3.05) is 42.9 Å². The van der Waals surface area contributed by atoms with Crippen LogP contribution in [-0.2, 0) is 33.0 Å². The van der Waals surface area contributed by atoms with Gasteiger partial charge in [0.2, 0.25) is 15.7 Å². The minimum absolute atomic E-state index is 0.000747. The van der Waals surface area contributed by atoms with Crippen molar-refractivity contribution in [1.29, 1.82) is 0 Å². The zero-order valence-corrected chi connectivity index (χ0v) is 32.6. The highest BCUT2D eigenvalue weighted by Crippen LogP contribution is 2.52. The summed E-state index contributed by atoms with van der Waals surface area (Å²) < 4.78 is 44.1. The van der Waals surface area contributed by atoms with Crippen molar-refractivity contribution in [2.24, 2.45) is 17.8 Å². The smallest absolute Gasteiger partial charge is 0.404 e. The molecule has 0 radical (unpaired) electrons. The summed E-state index contributed by atoms with van der Waals surface area (Å²) in [5.74, 6) is 0.944. The molecule has 56 heavy (non-hydrogen) atoms. The molecule has 0 bridgehead atoms. The molecule has 3 fully saturated rings. The molecular formula is C43H51FN6O5S. The number of piperidine rings is 1. The van der Waals surface area contributed by atoms with Gasteiger partial charge in [-0.15, -0.1) is 0 Å². The number of carboxylic acid groups (broad SMARTS) is 1. The molecule has 11 nitrogen and oxygen atoms in total. The van der Waals surface area contributed by atoms with Crippen LogP contribution in [0.3, 0.4) is 0 Å². The summed E-state index contributed by atoms with van der Waals surface area (Å²) >= 11 is 0. The number of sulfone groups is 1. The number of benzene rings is 3. The number of aromatic nitrogens is 2. The second kappa shape index (κ2) is 16.6. The molecule has 2 aliphatic heterocycles. The number of nitrogens with one attached hydrogen (secondary N) is 2. The number of halogens is 1. The van der Waals surface area contributed by atoms with E-state index in [0.29, 0.717) is 18.2 Å². The van der Waals surface area contributed by atoms with Gasteiger partial charge in [0.1, 0.15) is 11.6 Å². The van der Waals surface area contributed by atoms with Crippen LogP contribution >= 0.6 is 0 Å². The van der Waals surface area contributed by atoms with Crippen molar-refractivity contribution in [3.8, 4) is 0 Å². The van der Waals surface area contributed by atoms with Gasteiger partial charge in [-0.25, -0.2) is 22.6 Å². The van der Waals surface area contributed by atoms with Crippen LogP contribution in [0, 0.1) is 23.6 Å². The Labute approximate surface area is 328 Å². The first-order chi connectivity index (χ1) is 27.0. The van der Waals surface area contributed by atoms with Gasteiger partial charge in [0.25, 0.3) is 0 Å². The lowest BCUT2D eigenvalue weighted by Crippen LogP contribution is -2.56. The number of anilines is 2. The highest BCUT2D eigenvalue weighted by atomic mass is 32.2. The molecule has 1 saturated carbocycles. The van der Waals surface area contributed by atoms with E-state index in [1.54, 1.807) is 36.4 Å². The topological polar surface area (TPSA) is 137 Å². The van der Waals surface area contributed by atoms with Crippen LogP contribution in [0.15, 0.2) is 108 Å². The molecule has 1 aliphatic carbocycles. The third-order valence-electron chi connectivity index (χ3n) is 12.3. The molecule has 2 saturated heterocycles. The Bertz CT molecular complexity index is 2150. The van der Waals surface area contributed by atoms with Crippen LogP contribution in [-0.4, -0.2) is 78.7 Å². The molecule has 296 valence electrons. The normalized spacial score (nSPS) is 20.6. The quantitative estimate of drug-likeness (QED) is 0.119. The van der Waals surface area contributed by atoms with E-state index in [4.69, 9.17) is 0 Å². The Kier molecular flexibility index (Phi) is 11.6. The molecule has 3 aromatic carbocycles. The Morgan fingerprint density at radius 2 is 1.75 bits per heavy atom. The highest BCUT2D eigenvalue weighted by Gasteiger charge is 2.52. The fraction of sp³-hybridized carbons (Fsp3) is 0.419. The molecule has 3 aliphatic rings. The number of amides is 2. The van der Waals surface area contributed by atoms with Crippen LogP contribution in [0.4, 0.5) is 20.6 Å². The van der Waals surface area contributed by atoms with Crippen LogP contribution in [0.25, 0.3) is 0 Å². The average molecular weight is 783 g/mol. The third kappa shape index (κ3) is 8.10. The Balaban J connectivity index is 1.02. The molecule has 3 atom stereocenters. The van der Waals surface area contributed by atoms with Crippen molar-refractivity contribution in [2.45, 2.75) is 73.2 Å². The van der Waals surface area contributed by atoms with E-state index in [9.17, 15) is 23.1 Å². The zero-order chi connectivity index (χ0) is 39.5. The molecule has 13 heteroatoms. The molecule has 3 N–H and O–H groups in total. The Morgan fingerprint density at radius 1 is 1.00 bits per heavy atom. The number of rotatable bonds is 14. The molecule has 7 rings (SSSR count). The lowest BCUT2D eigenvalue weighted by atomic mass is 9.58. The monoisotopic (exact) mass is 782 g/mol. The van der Waals surface area contributed by atoms with Gasteiger partial charge in [-0.05, 0) is 117 Å². The minimum atomic E-state index is -3.79. The first-order valence-corrected chi connectivity index (χ1v) is 21.1. The fourth-order valence-corrected chi connectivity index (χ4v) is 11.0. The summed E-state index contributed by atoms with van der Waals surface area (Å²) in [6.07, 6.45) is 9.09. The maximum Gasteiger partial charge on any atom is 0.404 e. The summed E-state index contributed by atoms with van der Waals surface area (Å²) in [6.45, 7) is 10.6. The summed E-state index contributed by atoms with van der Waals surface area (Å²) in [5.41, 5.74) is 1.79. The van der Waals surface area contributed by atoms with Crippen molar-refractivity contribution in [1.82, 2.24) is 19.8 Å². The van der Waals surface area contributed by atoms with Crippen LogP contribution in [0.2, 0.25) is 0 Å². The minimum Gasteiger partial charge on any atom is -0.465 e. The van der Waals surface area contributed by atoms with E-state index in [1.807, 2.05) is 30.6 Å². The van der Waals surface area contributed by atoms with Gasteiger partial charge >= 0.3 is 6.09 Å². The van der Waals surface area contributed by atoms with Gasteiger partial charge in [-0.1, -0.05) is 38.1 Å². The van der Waals surface area contributed by atoms with Gasteiger partial charge in [0, 0.05) is 73.7 Å². The summed E-state index contributed by atoms with van der Waals surface area (Å²) in [4.78, 5) is 33.5.